The Kier molecular flexibility index (Phi) is 7.28. The van der Waals surface area contributed by atoms with Gasteiger partial charge in [0.1, 0.15) is 6.61 Å². The Bertz CT molecular complexity index is 857. The number of rotatable bonds is 9. The van der Waals surface area contributed by atoms with Crippen LogP contribution in [-0.4, -0.2) is 38.1 Å². The van der Waals surface area contributed by atoms with Gasteiger partial charge in [-0.2, -0.15) is 0 Å². The fourth-order valence-corrected chi connectivity index (χ4v) is 3.28. The summed E-state index contributed by atoms with van der Waals surface area (Å²) in [7, 11) is 3.44. The molecule has 3 rings (SSSR count). The molecule has 0 bridgehead atoms. The topological polar surface area (TPSA) is 38.8 Å². The van der Waals surface area contributed by atoms with E-state index in [2.05, 4.69) is 24.3 Å². The minimum atomic E-state index is 0.0301. The Morgan fingerprint density at radius 3 is 1.90 bits per heavy atom. The highest BCUT2D eigenvalue weighted by atomic mass is 16.5. The molecule has 0 aromatic heterocycles. The smallest absolute Gasteiger partial charge is 0.223 e. The van der Waals surface area contributed by atoms with Crippen molar-refractivity contribution in [3.8, 4) is 11.5 Å². The van der Waals surface area contributed by atoms with E-state index in [0.717, 1.165) is 11.1 Å². The highest BCUT2D eigenvalue weighted by Gasteiger charge is 2.20. The summed E-state index contributed by atoms with van der Waals surface area (Å²) in [6, 6.07) is 27.9. The quantitative estimate of drug-likeness (QED) is 0.530. The van der Waals surface area contributed by atoms with E-state index in [1.807, 2.05) is 67.7 Å². The van der Waals surface area contributed by atoms with Crippen molar-refractivity contribution in [1.82, 2.24) is 4.90 Å². The lowest BCUT2D eigenvalue weighted by Crippen LogP contribution is -2.32. The number of likely N-dealkylation sites (N-methyl/N-ethyl adjacent to an activating group) is 1. The third kappa shape index (κ3) is 5.61. The predicted octanol–water partition coefficient (Wildman–Crippen LogP) is 4.75. The van der Waals surface area contributed by atoms with E-state index >= 15 is 0 Å². The Morgan fingerprint density at radius 1 is 0.828 bits per heavy atom. The molecule has 1 amide bonds. The number of hydrogen-bond donors (Lipinski definition) is 0. The van der Waals surface area contributed by atoms with E-state index in [9.17, 15) is 4.79 Å². The first-order chi connectivity index (χ1) is 14.2. The first-order valence-electron chi connectivity index (χ1n) is 9.78. The van der Waals surface area contributed by atoms with E-state index < -0.39 is 0 Å². The normalized spacial score (nSPS) is 10.6. The second kappa shape index (κ2) is 10.3. The van der Waals surface area contributed by atoms with Gasteiger partial charge in [-0.05, 0) is 23.3 Å². The molecule has 0 aliphatic rings. The van der Waals surface area contributed by atoms with Crippen molar-refractivity contribution in [3.63, 3.8) is 0 Å². The summed E-state index contributed by atoms with van der Waals surface area (Å²) in [6.45, 7) is 0.914. The summed E-state index contributed by atoms with van der Waals surface area (Å²) in [4.78, 5) is 14.6. The van der Waals surface area contributed by atoms with Gasteiger partial charge in [0, 0.05) is 19.4 Å². The van der Waals surface area contributed by atoms with E-state index in [-0.39, 0.29) is 11.8 Å². The molecule has 3 aromatic rings. The molecule has 29 heavy (non-hydrogen) atoms. The second-order valence-corrected chi connectivity index (χ2v) is 6.89. The molecule has 0 fully saturated rings. The molecular weight excluding hydrogens is 362 g/mol. The Balaban J connectivity index is 1.62. The maximum absolute atomic E-state index is 12.9. The fraction of sp³-hybridized carbons (Fsp3) is 0.240. The minimum absolute atomic E-state index is 0.0301. The Labute approximate surface area is 172 Å². The predicted molar refractivity (Wildman–Crippen MR) is 115 cm³/mol. The third-order valence-corrected chi connectivity index (χ3v) is 4.96. The summed E-state index contributed by atoms with van der Waals surface area (Å²) in [5.74, 6) is 1.49. The van der Waals surface area contributed by atoms with Crippen molar-refractivity contribution < 1.29 is 14.3 Å². The van der Waals surface area contributed by atoms with Crippen LogP contribution in [-0.2, 0) is 4.79 Å². The maximum atomic E-state index is 12.9. The molecule has 0 N–H and O–H groups in total. The molecule has 0 aliphatic heterocycles. The van der Waals surface area contributed by atoms with Gasteiger partial charge >= 0.3 is 0 Å². The molecule has 0 spiro atoms. The average molecular weight is 389 g/mol. The van der Waals surface area contributed by atoms with Crippen molar-refractivity contribution in [1.29, 1.82) is 0 Å². The van der Waals surface area contributed by atoms with Gasteiger partial charge in [-0.15, -0.1) is 0 Å². The fourth-order valence-electron chi connectivity index (χ4n) is 3.28. The highest BCUT2D eigenvalue weighted by Crippen LogP contribution is 2.29. The zero-order chi connectivity index (χ0) is 20.5. The number of benzene rings is 3. The van der Waals surface area contributed by atoms with Crippen LogP contribution < -0.4 is 9.47 Å². The lowest BCUT2D eigenvalue weighted by Gasteiger charge is -2.23. The molecule has 0 heterocycles. The van der Waals surface area contributed by atoms with Crippen LogP contribution in [0.2, 0.25) is 0 Å². The molecule has 0 saturated heterocycles. The minimum Gasteiger partial charge on any atom is -0.493 e. The number of nitrogens with zero attached hydrogens (tertiary/aromatic N) is 1. The molecule has 3 aromatic carbocycles. The molecule has 0 radical (unpaired) electrons. The number of carbonyl (C=O) groups excluding carboxylic acids is 1. The third-order valence-electron chi connectivity index (χ3n) is 4.96. The van der Waals surface area contributed by atoms with Gasteiger partial charge in [-0.3, -0.25) is 4.79 Å². The molecule has 4 nitrogen and oxygen atoms in total. The molecule has 0 saturated carbocycles. The van der Waals surface area contributed by atoms with Crippen LogP contribution in [0, 0.1) is 0 Å². The number of para-hydroxylation sites is 2. The summed E-state index contributed by atoms with van der Waals surface area (Å²) in [6.07, 6.45) is 0.416. The molecular formula is C25H27NO3. The summed E-state index contributed by atoms with van der Waals surface area (Å²) < 4.78 is 11.1. The van der Waals surface area contributed by atoms with Crippen LogP contribution >= 0.6 is 0 Å². The van der Waals surface area contributed by atoms with Crippen LogP contribution in [0.3, 0.4) is 0 Å². The molecule has 150 valence electrons. The molecule has 0 atom stereocenters. The zero-order valence-corrected chi connectivity index (χ0v) is 17.0. The number of ether oxygens (including phenoxy) is 2. The van der Waals surface area contributed by atoms with Gasteiger partial charge < -0.3 is 14.4 Å². The monoisotopic (exact) mass is 389 g/mol. The lowest BCUT2D eigenvalue weighted by atomic mass is 9.88. The summed E-state index contributed by atoms with van der Waals surface area (Å²) >= 11 is 0. The first-order valence-corrected chi connectivity index (χ1v) is 9.78. The number of carbonyl (C=O) groups is 1. The molecule has 0 unspecified atom stereocenters. The van der Waals surface area contributed by atoms with Crippen LogP contribution in [0.5, 0.6) is 11.5 Å². The van der Waals surface area contributed by atoms with Crippen molar-refractivity contribution in [3.05, 3.63) is 96.1 Å². The van der Waals surface area contributed by atoms with Crippen molar-refractivity contribution in [2.75, 3.05) is 27.3 Å². The largest absolute Gasteiger partial charge is 0.493 e. The highest BCUT2D eigenvalue weighted by molar-refractivity contribution is 5.77. The van der Waals surface area contributed by atoms with Crippen LogP contribution in [0.1, 0.15) is 23.5 Å². The van der Waals surface area contributed by atoms with E-state index in [1.165, 1.54) is 0 Å². The lowest BCUT2D eigenvalue weighted by molar-refractivity contribution is -0.130. The average Bonchev–Trinajstić information content (AvgIpc) is 2.78. The number of amides is 1. The van der Waals surface area contributed by atoms with Crippen molar-refractivity contribution >= 4 is 5.91 Å². The van der Waals surface area contributed by atoms with Gasteiger partial charge in [0.25, 0.3) is 0 Å². The zero-order valence-electron chi connectivity index (χ0n) is 17.0. The Hall–Kier alpha value is -3.27. The summed E-state index contributed by atoms with van der Waals surface area (Å²) in [5.41, 5.74) is 2.29. The van der Waals surface area contributed by atoms with Crippen molar-refractivity contribution in [2.45, 2.75) is 12.3 Å². The molecule has 4 heteroatoms. The van der Waals surface area contributed by atoms with E-state index in [4.69, 9.17) is 9.47 Å². The van der Waals surface area contributed by atoms with Crippen LogP contribution in [0.15, 0.2) is 84.9 Å². The van der Waals surface area contributed by atoms with Gasteiger partial charge in [0.2, 0.25) is 5.91 Å². The number of methoxy groups -OCH3 is 1. The first kappa shape index (κ1) is 20.5. The summed E-state index contributed by atoms with van der Waals surface area (Å²) in [5, 5.41) is 0. The van der Waals surface area contributed by atoms with Gasteiger partial charge in [-0.1, -0.05) is 72.8 Å². The Morgan fingerprint density at radius 2 is 1.34 bits per heavy atom. The van der Waals surface area contributed by atoms with E-state index in [1.54, 1.807) is 12.0 Å². The van der Waals surface area contributed by atoms with Gasteiger partial charge in [0.05, 0.1) is 13.7 Å². The number of hydrogen-bond acceptors (Lipinski definition) is 3. The standard InChI is InChI=1S/C25H27NO3/c1-26(17-18-29-24-16-10-9-15-23(24)28-2)25(27)19-22(20-11-5-3-6-12-20)21-13-7-4-8-14-21/h3-16,22H,17-19H2,1-2H3. The second-order valence-electron chi connectivity index (χ2n) is 6.89. The van der Waals surface area contributed by atoms with E-state index in [0.29, 0.717) is 31.1 Å². The van der Waals surface area contributed by atoms with Crippen LogP contribution in [0.25, 0.3) is 0 Å². The SMILES string of the molecule is COc1ccccc1OCCN(C)C(=O)CC(c1ccccc1)c1ccccc1. The van der Waals surface area contributed by atoms with Crippen molar-refractivity contribution in [2.24, 2.45) is 0 Å². The van der Waals surface area contributed by atoms with Gasteiger partial charge in [-0.25, -0.2) is 0 Å². The molecule has 0 aliphatic carbocycles. The van der Waals surface area contributed by atoms with Gasteiger partial charge in [0.15, 0.2) is 11.5 Å². The van der Waals surface area contributed by atoms with Crippen LogP contribution in [0.4, 0.5) is 0 Å². The maximum Gasteiger partial charge on any atom is 0.223 e.